The molecule has 27 heavy (non-hydrogen) atoms. The van der Waals surface area contributed by atoms with Gasteiger partial charge >= 0.3 is 5.97 Å². The molecule has 3 aromatic rings. The Morgan fingerprint density at radius 2 is 1.78 bits per heavy atom. The second kappa shape index (κ2) is 9.92. The zero-order valence-electron chi connectivity index (χ0n) is 14.9. The minimum Gasteiger partial charge on any atom is -1.00 e. The van der Waals surface area contributed by atoms with Gasteiger partial charge in [0.2, 0.25) is 0 Å². The summed E-state index contributed by atoms with van der Waals surface area (Å²) in [4.78, 5) is 11.5. The third-order valence-electron chi connectivity index (χ3n) is 4.07. The number of carbonyl (C=O) groups is 1. The lowest BCUT2D eigenvalue weighted by Gasteiger charge is -2.11. The third kappa shape index (κ3) is 5.44. The maximum Gasteiger partial charge on any atom is 0.337 e. The molecule has 142 valence electrons. The molecule has 6 heteroatoms. The van der Waals surface area contributed by atoms with Crippen LogP contribution in [0.25, 0.3) is 11.3 Å². The van der Waals surface area contributed by atoms with Gasteiger partial charge in [0.25, 0.3) is 0 Å². The van der Waals surface area contributed by atoms with Crippen molar-refractivity contribution in [2.75, 3.05) is 13.7 Å². The predicted molar refractivity (Wildman–Crippen MR) is 98.6 cm³/mol. The number of aliphatic hydroxyl groups is 1. The molecule has 0 aliphatic carbocycles. The molecule has 0 bridgehead atoms. The number of furan rings is 1. The third-order valence-corrected chi connectivity index (χ3v) is 4.07. The maximum absolute atomic E-state index is 11.5. The lowest BCUT2D eigenvalue weighted by atomic mass is 10.1. The topological polar surface area (TPSA) is 71.7 Å². The number of halogens is 1. The van der Waals surface area contributed by atoms with E-state index in [1.807, 2.05) is 54.6 Å². The van der Waals surface area contributed by atoms with E-state index >= 15 is 0 Å². The summed E-state index contributed by atoms with van der Waals surface area (Å²) in [5.41, 5.74) is 2.26. The first-order valence-electron chi connectivity index (χ1n) is 8.38. The zero-order chi connectivity index (χ0) is 18.4. The highest BCUT2D eigenvalue weighted by Crippen LogP contribution is 2.23. The van der Waals surface area contributed by atoms with Crippen molar-refractivity contribution in [3.05, 3.63) is 83.6 Å². The molecule has 0 radical (unpaired) electrons. The number of rotatable bonds is 7. The largest absolute Gasteiger partial charge is 1.00 e. The van der Waals surface area contributed by atoms with Gasteiger partial charge in [0.1, 0.15) is 11.5 Å². The Kier molecular flexibility index (Phi) is 7.61. The van der Waals surface area contributed by atoms with E-state index in [4.69, 9.17) is 9.15 Å². The Hall–Kier alpha value is -2.60. The normalized spacial score (nSPS) is 11.5. The van der Waals surface area contributed by atoms with Crippen LogP contribution in [0.1, 0.15) is 27.8 Å². The van der Waals surface area contributed by atoms with Crippen molar-refractivity contribution in [3.63, 3.8) is 0 Å². The van der Waals surface area contributed by atoms with Crippen LogP contribution in [-0.4, -0.2) is 24.7 Å². The molecule has 3 rings (SSSR count). The summed E-state index contributed by atoms with van der Waals surface area (Å²) < 4.78 is 10.5. The van der Waals surface area contributed by atoms with E-state index in [2.05, 4.69) is 5.32 Å². The Morgan fingerprint density at radius 1 is 1.07 bits per heavy atom. The van der Waals surface area contributed by atoms with Crippen LogP contribution >= 0.6 is 0 Å². The van der Waals surface area contributed by atoms with E-state index in [9.17, 15) is 9.90 Å². The fourth-order valence-corrected chi connectivity index (χ4v) is 2.64. The fourth-order valence-electron chi connectivity index (χ4n) is 2.64. The van der Waals surface area contributed by atoms with Crippen molar-refractivity contribution in [2.45, 2.75) is 12.6 Å². The van der Waals surface area contributed by atoms with Crippen LogP contribution in [0.3, 0.4) is 0 Å². The molecule has 1 aromatic heterocycles. The number of methoxy groups -OCH3 is 1. The highest BCUT2D eigenvalue weighted by Gasteiger charge is 2.09. The van der Waals surface area contributed by atoms with E-state index in [0.717, 1.165) is 22.6 Å². The number of ether oxygens (including phenoxy) is 1. The number of carbonyl (C=O) groups excluding carboxylic acids is 1. The number of nitrogens with one attached hydrogen (secondary N) is 1. The molecular formula is C21H21ClNO4-. The van der Waals surface area contributed by atoms with Crippen LogP contribution in [0.2, 0.25) is 0 Å². The van der Waals surface area contributed by atoms with Gasteiger partial charge in [0.15, 0.2) is 0 Å². The first kappa shape index (κ1) is 20.7. The number of esters is 1. The molecule has 2 N–H and O–H groups in total. The number of hydrogen-bond donors (Lipinski definition) is 2. The maximum atomic E-state index is 11.5. The van der Waals surface area contributed by atoms with Gasteiger partial charge < -0.3 is 32.0 Å². The molecule has 0 amide bonds. The van der Waals surface area contributed by atoms with Crippen LogP contribution in [0.15, 0.2) is 71.1 Å². The minimum absolute atomic E-state index is 0. The molecule has 5 nitrogen and oxygen atoms in total. The van der Waals surface area contributed by atoms with Gasteiger partial charge in [-0.1, -0.05) is 42.5 Å². The summed E-state index contributed by atoms with van der Waals surface area (Å²) >= 11 is 0. The molecular weight excluding hydrogens is 366 g/mol. The Balaban J connectivity index is 0.00000261. The Labute approximate surface area is 164 Å². The molecule has 0 fully saturated rings. The van der Waals surface area contributed by atoms with Gasteiger partial charge in [-0.05, 0) is 29.8 Å². The molecule has 1 heterocycles. The Morgan fingerprint density at radius 3 is 2.44 bits per heavy atom. The van der Waals surface area contributed by atoms with Crippen molar-refractivity contribution in [3.8, 4) is 11.3 Å². The zero-order valence-corrected chi connectivity index (χ0v) is 15.6. The van der Waals surface area contributed by atoms with Crippen molar-refractivity contribution in [2.24, 2.45) is 0 Å². The molecule has 1 atom stereocenters. The van der Waals surface area contributed by atoms with Crippen molar-refractivity contribution >= 4 is 5.97 Å². The smallest absolute Gasteiger partial charge is 0.337 e. The van der Waals surface area contributed by atoms with E-state index in [1.54, 1.807) is 12.1 Å². The average Bonchev–Trinajstić information content (AvgIpc) is 3.17. The minimum atomic E-state index is -0.559. The van der Waals surface area contributed by atoms with Gasteiger partial charge in [-0.3, -0.25) is 0 Å². The fraction of sp³-hybridized carbons (Fsp3) is 0.190. The molecule has 1 unspecified atom stereocenters. The second-order valence-corrected chi connectivity index (χ2v) is 5.89. The van der Waals surface area contributed by atoms with E-state index < -0.39 is 6.10 Å². The second-order valence-electron chi connectivity index (χ2n) is 5.89. The Bertz CT molecular complexity index is 846. The summed E-state index contributed by atoms with van der Waals surface area (Å²) in [5.74, 6) is 1.14. The standard InChI is InChI=1S/C21H21NO4.ClH/c1-25-21(24)17-9-7-16(8-10-17)20-12-11-18(26-20)13-22-14-19(23)15-5-3-2-4-6-15;/h2-12,19,22-23H,13-14H2,1H3;1H/p-1. The predicted octanol–water partition coefficient (Wildman–Crippen LogP) is 0.560. The quantitative estimate of drug-likeness (QED) is 0.581. The van der Waals surface area contributed by atoms with Crippen LogP contribution in [-0.2, 0) is 11.3 Å². The molecule has 2 aromatic carbocycles. The summed E-state index contributed by atoms with van der Waals surface area (Å²) in [6.07, 6.45) is -0.559. The first-order chi connectivity index (χ1) is 12.7. The summed E-state index contributed by atoms with van der Waals surface area (Å²) in [6, 6.07) is 20.4. The van der Waals surface area contributed by atoms with Crippen molar-refractivity contribution < 1.29 is 31.5 Å². The van der Waals surface area contributed by atoms with Gasteiger partial charge in [0.05, 0.1) is 25.3 Å². The van der Waals surface area contributed by atoms with Crippen molar-refractivity contribution in [1.29, 1.82) is 0 Å². The van der Waals surface area contributed by atoms with E-state index in [0.29, 0.717) is 18.7 Å². The highest BCUT2D eigenvalue weighted by molar-refractivity contribution is 5.89. The number of aliphatic hydroxyl groups excluding tert-OH is 1. The monoisotopic (exact) mass is 386 g/mol. The SMILES string of the molecule is COC(=O)c1ccc(-c2ccc(CNCC(O)c3ccccc3)o2)cc1.[Cl-]. The van der Waals surface area contributed by atoms with Crippen molar-refractivity contribution in [1.82, 2.24) is 5.32 Å². The van der Waals surface area contributed by atoms with Gasteiger partial charge in [-0.15, -0.1) is 0 Å². The first-order valence-corrected chi connectivity index (χ1v) is 8.38. The molecule has 0 saturated carbocycles. The molecule has 0 aliphatic heterocycles. The average molecular weight is 387 g/mol. The van der Waals surface area contributed by atoms with E-state index in [-0.39, 0.29) is 18.4 Å². The lowest BCUT2D eigenvalue weighted by Crippen LogP contribution is -3.00. The van der Waals surface area contributed by atoms with Gasteiger partial charge in [0, 0.05) is 12.1 Å². The lowest BCUT2D eigenvalue weighted by molar-refractivity contribution is -0.0000220. The number of hydrogen-bond acceptors (Lipinski definition) is 5. The van der Waals surface area contributed by atoms with Gasteiger partial charge in [-0.25, -0.2) is 4.79 Å². The summed E-state index contributed by atoms with van der Waals surface area (Å²) in [5, 5.41) is 13.3. The number of benzene rings is 2. The van der Waals surface area contributed by atoms with Crippen LogP contribution in [0.4, 0.5) is 0 Å². The molecule has 0 saturated heterocycles. The molecule has 0 spiro atoms. The van der Waals surface area contributed by atoms with Crippen LogP contribution < -0.4 is 17.7 Å². The summed E-state index contributed by atoms with van der Waals surface area (Å²) in [6.45, 7) is 0.956. The highest BCUT2D eigenvalue weighted by atomic mass is 35.5. The van der Waals surface area contributed by atoms with Crippen LogP contribution in [0.5, 0.6) is 0 Å². The summed E-state index contributed by atoms with van der Waals surface area (Å²) in [7, 11) is 1.36. The molecule has 0 aliphatic rings. The van der Waals surface area contributed by atoms with Gasteiger partial charge in [-0.2, -0.15) is 0 Å². The van der Waals surface area contributed by atoms with E-state index in [1.165, 1.54) is 7.11 Å². The van der Waals surface area contributed by atoms with Crippen LogP contribution in [0, 0.1) is 0 Å².